The minimum atomic E-state index is -5.89. The first kappa shape index (κ1) is 18.1. The molecule has 0 aliphatic heterocycles. The van der Waals surface area contributed by atoms with Crippen molar-refractivity contribution in [2.24, 2.45) is 0 Å². The van der Waals surface area contributed by atoms with Crippen molar-refractivity contribution in [3.05, 3.63) is 42.5 Å². The van der Waals surface area contributed by atoms with Crippen molar-refractivity contribution in [3.8, 4) is 17.2 Å². The van der Waals surface area contributed by atoms with Crippen LogP contribution in [0.25, 0.3) is 21.5 Å². The maximum Gasteiger partial charge on any atom is 0.534 e. The van der Waals surface area contributed by atoms with Gasteiger partial charge in [0.15, 0.2) is 5.75 Å². The Labute approximate surface area is 147 Å². The molecule has 3 rings (SSSR count). The topological polar surface area (TPSA) is 61.8 Å². The predicted molar refractivity (Wildman–Crippen MR) is 90.2 cm³/mol. The quantitative estimate of drug-likeness (QED) is 0.381. The Morgan fingerprint density at radius 2 is 1.31 bits per heavy atom. The Hall–Kier alpha value is -2.68. The second kappa shape index (κ2) is 6.24. The average Bonchev–Trinajstić information content (AvgIpc) is 2.59. The van der Waals surface area contributed by atoms with Crippen molar-refractivity contribution in [1.82, 2.24) is 0 Å². The van der Waals surface area contributed by atoms with Gasteiger partial charge >= 0.3 is 15.6 Å². The first-order valence-corrected chi connectivity index (χ1v) is 8.67. The molecule has 0 atom stereocenters. The van der Waals surface area contributed by atoms with Crippen LogP contribution in [-0.4, -0.2) is 28.1 Å². The number of benzene rings is 3. The third kappa shape index (κ3) is 2.88. The fraction of sp³-hybridized carbons (Fsp3) is 0.176. The Kier molecular flexibility index (Phi) is 4.35. The molecule has 0 heterocycles. The van der Waals surface area contributed by atoms with Gasteiger partial charge in [0.1, 0.15) is 11.5 Å². The molecule has 5 nitrogen and oxygen atoms in total. The van der Waals surface area contributed by atoms with Gasteiger partial charge in [0.05, 0.1) is 25.0 Å². The summed E-state index contributed by atoms with van der Waals surface area (Å²) in [5.74, 6) is -0.157. The van der Waals surface area contributed by atoms with Gasteiger partial charge in [-0.25, -0.2) is 0 Å². The molecule has 0 fully saturated rings. The van der Waals surface area contributed by atoms with E-state index in [0.717, 1.165) is 0 Å². The molecule has 0 spiro atoms. The SMILES string of the molecule is COc1cccc2cc3cccc(OC)c3c(OS(=O)(=O)C(F)(F)F)c12. The monoisotopic (exact) mass is 386 g/mol. The summed E-state index contributed by atoms with van der Waals surface area (Å²) >= 11 is 0. The van der Waals surface area contributed by atoms with Crippen LogP contribution in [0, 0.1) is 0 Å². The summed E-state index contributed by atoms with van der Waals surface area (Å²) in [4.78, 5) is 0. The highest BCUT2D eigenvalue weighted by atomic mass is 32.2. The van der Waals surface area contributed by atoms with E-state index in [4.69, 9.17) is 9.47 Å². The van der Waals surface area contributed by atoms with Gasteiger partial charge in [0, 0.05) is 0 Å². The third-order valence-corrected chi connectivity index (χ3v) is 4.75. The first-order chi connectivity index (χ1) is 12.2. The van der Waals surface area contributed by atoms with E-state index in [1.807, 2.05) is 0 Å². The van der Waals surface area contributed by atoms with E-state index in [9.17, 15) is 21.6 Å². The Morgan fingerprint density at radius 1 is 0.846 bits per heavy atom. The van der Waals surface area contributed by atoms with Crippen LogP contribution in [0.1, 0.15) is 0 Å². The summed E-state index contributed by atoms with van der Waals surface area (Å²) in [5, 5.41) is 1.11. The molecule has 0 amide bonds. The van der Waals surface area contributed by atoms with E-state index >= 15 is 0 Å². The van der Waals surface area contributed by atoms with Gasteiger partial charge in [-0.2, -0.15) is 21.6 Å². The summed E-state index contributed by atoms with van der Waals surface area (Å²) in [6.07, 6.45) is 0. The number of alkyl halides is 3. The van der Waals surface area contributed by atoms with Crippen LogP contribution in [-0.2, 0) is 10.1 Å². The molecular weight excluding hydrogens is 373 g/mol. The van der Waals surface area contributed by atoms with Crippen LogP contribution in [0.15, 0.2) is 42.5 Å². The summed E-state index contributed by atoms with van der Waals surface area (Å²) in [6.45, 7) is 0. The summed E-state index contributed by atoms with van der Waals surface area (Å²) < 4.78 is 77.0. The number of hydrogen-bond acceptors (Lipinski definition) is 5. The van der Waals surface area contributed by atoms with Gasteiger partial charge < -0.3 is 13.7 Å². The highest BCUT2D eigenvalue weighted by molar-refractivity contribution is 7.88. The number of hydrogen-bond donors (Lipinski definition) is 0. The van der Waals surface area contributed by atoms with Crippen molar-refractivity contribution >= 4 is 31.7 Å². The minimum Gasteiger partial charge on any atom is -0.496 e. The fourth-order valence-corrected chi connectivity index (χ4v) is 3.18. The molecule has 9 heteroatoms. The van der Waals surface area contributed by atoms with Crippen molar-refractivity contribution in [2.75, 3.05) is 14.2 Å². The van der Waals surface area contributed by atoms with E-state index < -0.39 is 21.4 Å². The number of ether oxygens (including phenoxy) is 2. The molecule has 26 heavy (non-hydrogen) atoms. The van der Waals surface area contributed by atoms with Crippen LogP contribution >= 0.6 is 0 Å². The minimum absolute atomic E-state index is 0.0971. The molecule has 0 saturated carbocycles. The zero-order valence-electron chi connectivity index (χ0n) is 13.6. The van der Waals surface area contributed by atoms with Crippen LogP contribution in [0.2, 0.25) is 0 Å². The second-order valence-electron chi connectivity index (χ2n) is 5.31. The molecule has 0 unspecified atom stereocenters. The largest absolute Gasteiger partial charge is 0.534 e. The summed E-state index contributed by atoms with van der Waals surface area (Å²) in [7, 11) is -3.25. The van der Waals surface area contributed by atoms with Gasteiger partial charge in [-0.3, -0.25) is 0 Å². The van der Waals surface area contributed by atoms with Gasteiger partial charge in [-0.15, -0.1) is 0 Å². The Bertz CT molecular complexity index is 1030. The molecule has 0 aliphatic rings. The van der Waals surface area contributed by atoms with Crippen LogP contribution in [0.4, 0.5) is 13.2 Å². The maximum absolute atomic E-state index is 12.9. The summed E-state index contributed by atoms with van der Waals surface area (Å²) in [6, 6.07) is 11.2. The second-order valence-corrected chi connectivity index (χ2v) is 6.84. The van der Waals surface area contributed by atoms with Gasteiger partial charge in [0.25, 0.3) is 0 Å². The third-order valence-electron chi connectivity index (χ3n) is 3.80. The molecule has 0 radical (unpaired) electrons. The normalized spacial score (nSPS) is 12.3. The Morgan fingerprint density at radius 3 is 1.69 bits per heavy atom. The lowest BCUT2D eigenvalue weighted by atomic mass is 10.0. The molecule has 0 saturated heterocycles. The van der Waals surface area contributed by atoms with Crippen molar-refractivity contribution in [3.63, 3.8) is 0 Å². The number of halogens is 3. The van der Waals surface area contributed by atoms with Crippen molar-refractivity contribution in [1.29, 1.82) is 0 Å². The zero-order valence-corrected chi connectivity index (χ0v) is 14.4. The first-order valence-electron chi connectivity index (χ1n) is 7.27. The van der Waals surface area contributed by atoms with Gasteiger partial charge in [0.2, 0.25) is 0 Å². The van der Waals surface area contributed by atoms with Gasteiger partial charge in [-0.1, -0.05) is 24.3 Å². The highest BCUT2D eigenvalue weighted by Crippen LogP contribution is 2.45. The highest BCUT2D eigenvalue weighted by Gasteiger charge is 2.49. The van der Waals surface area contributed by atoms with E-state index in [1.54, 1.807) is 30.3 Å². The predicted octanol–water partition coefficient (Wildman–Crippen LogP) is 4.24. The van der Waals surface area contributed by atoms with Crippen molar-refractivity contribution in [2.45, 2.75) is 5.51 Å². The van der Waals surface area contributed by atoms with Crippen molar-refractivity contribution < 1.29 is 35.2 Å². The molecule has 3 aromatic carbocycles. The van der Waals surface area contributed by atoms with E-state index in [0.29, 0.717) is 10.8 Å². The molecule has 138 valence electrons. The number of rotatable bonds is 4. The molecular formula is C17H13F3O5S. The average molecular weight is 386 g/mol. The van der Waals surface area contributed by atoms with E-state index in [1.165, 1.54) is 26.4 Å². The summed E-state index contributed by atoms with van der Waals surface area (Å²) in [5.41, 5.74) is -5.58. The molecule has 3 aromatic rings. The smallest absolute Gasteiger partial charge is 0.496 e. The van der Waals surface area contributed by atoms with Gasteiger partial charge in [-0.05, 0) is 29.0 Å². The number of methoxy groups -OCH3 is 2. The standard InChI is InChI=1S/C17H13F3O5S/c1-23-12-7-3-5-10-9-11-6-4-8-13(24-2)15(11)16(14(10)12)25-26(21,22)17(18,19)20/h3-9H,1-2H3. The van der Waals surface area contributed by atoms with E-state index in [2.05, 4.69) is 4.18 Å². The van der Waals surface area contributed by atoms with Crippen LogP contribution in [0.3, 0.4) is 0 Å². The molecule has 0 N–H and O–H groups in total. The Balaban J connectivity index is 2.49. The molecule has 0 aromatic heterocycles. The molecule has 0 aliphatic carbocycles. The maximum atomic E-state index is 12.9. The zero-order chi connectivity index (χ0) is 19.1. The molecule has 0 bridgehead atoms. The lowest BCUT2D eigenvalue weighted by Gasteiger charge is -2.17. The van der Waals surface area contributed by atoms with Crippen LogP contribution in [0.5, 0.6) is 17.2 Å². The van der Waals surface area contributed by atoms with Crippen LogP contribution < -0.4 is 13.7 Å². The number of fused-ring (bicyclic) bond motifs is 2. The van der Waals surface area contributed by atoms with E-state index in [-0.39, 0.29) is 22.3 Å². The fourth-order valence-electron chi connectivity index (χ4n) is 2.70. The lowest BCUT2D eigenvalue weighted by molar-refractivity contribution is -0.0499. The lowest BCUT2D eigenvalue weighted by Crippen LogP contribution is -2.28.